The molecule has 160 valence electrons. The quantitative estimate of drug-likeness (QED) is 0.408. The summed E-state index contributed by atoms with van der Waals surface area (Å²) in [4.78, 5) is 13.8. The van der Waals surface area contributed by atoms with Gasteiger partial charge in [-0.25, -0.2) is 0 Å². The number of aromatic nitrogens is 3. The Kier molecular flexibility index (Phi) is 7.93. The average Bonchev–Trinajstić information content (AvgIpc) is 3.35. The minimum atomic E-state index is -0.0789. The van der Waals surface area contributed by atoms with Crippen LogP contribution in [0, 0.1) is 0 Å². The zero-order valence-corrected chi connectivity index (χ0v) is 19.5. The lowest BCUT2D eigenvalue weighted by Crippen LogP contribution is -2.15. The van der Waals surface area contributed by atoms with Gasteiger partial charge >= 0.3 is 0 Å². The fourth-order valence-corrected chi connectivity index (χ4v) is 4.88. The Morgan fingerprint density at radius 2 is 2.00 bits per heavy atom. The molecule has 0 unspecified atom stereocenters. The fourth-order valence-electron chi connectivity index (χ4n) is 3.04. The lowest BCUT2D eigenvalue weighted by molar-refractivity contribution is -0.113. The first kappa shape index (κ1) is 22.4. The third-order valence-corrected chi connectivity index (χ3v) is 6.31. The minimum absolute atomic E-state index is 0.0789. The first-order valence-electron chi connectivity index (χ1n) is 10.2. The molecule has 2 heterocycles. The molecule has 0 saturated heterocycles. The Morgan fingerprint density at radius 3 is 2.67 bits per heavy atom. The zero-order chi connectivity index (χ0) is 21.5. The number of rotatable bonds is 10. The molecule has 3 rings (SSSR count). The summed E-state index contributed by atoms with van der Waals surface area (Å²) in [7, 11) is 0. The van der Waals surface area contributed by atoms with Crippen LogP contribution in [0.1, 0.15) is 45.0 Å². The first-order chi connectivity index (χ1) is 14.5. The van der Waals surface area contributed by atoms with E-state index in [9.17, 15) is 4.79 Å². The molecule has 3 aromatic rings. The van der Waals surface area contributed by atoms with E-state index in [-0.39, 0.29) is 17.7 Å². The predicted molar refractivity (Wildman–Crippen MR) is 125 cm³/mol. The molecule has 0 aliphatic rings. The number of anilines is 1. The number of benzene rings is 1. The van der Waals surface area contributed by atoms with Crippen LogP contribution in [0.25, 0.3) is 11.4 Å². The van der Waals surface area contributed by atoms with Gasteiger partial charge in [0.1, 0.15) is 5.75 Å². The van der Waals surface area contributed by atoms with E-state index in [4.69, 9.17) is 4.74 Å². The van der Waals surface area contributed by atoms with Crippen LogP contribution in [0.15, 0.2) is 40.9 Å². The number of carbonyl (C=O) groups excluding carboxylic acids is 1. The van der Waals surface area contributed by atoms with E-state index in [2.05, 4.69) is 52.3 Å². The third kappa shape index (κ3) is 5.64. The van der Waals surface area contributed by atoms with Crippen molar-refractivity contribution in [2.45, 2.75) is 51.7 Å². The summed E-state index contributed by atoms with van der Waals surface area (Å²) >= 11 is 3.16. The van der Waals surface area contributed by atoms with Crippen molar-refractivity contribution in [3.05, 3.63) is 40.6 Å². The highest BCUT2D eigenvalue weighted by Gasteiger charge is 2.19. The van der Waals surface area contributed by atoms with Gasteiger partial charge in [-0.3, -0.25) is 9.36 Å². The molecule has 0 atom stereocenters. The Balaban J connectivity index is 1.65. The molecule has 30 heavy (non-hydrogen) atoms. The number of ether oxygens (including phenoxy) is 1. The van der Waals surface area contributed by atoms with Crippen molar-refractivity contribution < 1.29 is 9.53 Å². The fraction of sp³-hybridized carbons (Fsp3) is 0.409. The topological polar surface area (TPSA) is 69.0 Å². The van der Waals surface area contributed by atoms with Crippen LogP contribution < -0.4 is 10.1 Å². The van der Waals surface area contributed by atoms with Gasteiger partial charge in [0.2, 0.25) is 5.91 Å². The molecule has 8 heteroatoms. The number of hydrogen-bond acceptors (Lipinski definition) is 6. The number of hydrogen-bond donors (Lipinski definition) is 1. The molecular formula is C22H28N4O2S2. The van der Waals surface area contributed by atoms with Gasteiger partial charge in [0.15, 0.2) is 11.0 Å². The molecule has 1 N–H and O–H groups in total. The van der Waals surface area contributed by atoms with Gasteiger partial charge < -0.3 is 10.1 Å². The molecule has 0 aliphatic carbocycles. The molecule has 6 nitrogen and oxygen atoms in total. The number of carbonyl (C=O) groups is 1. The molecular weight excluding hydrogens is 416 g/mol. The SMILES string of the molecule is CCCc1cc(-c2nnc(SCC(=O)Nc3ccc(OCC)cc3)n2C(C)C)cs1. The summed E-state index contributed by atoms with van der Waals surface area (Å²) in [5.41, 5.74) is 1.84. The van der Waals surface area contributed by atoms with Crippen LogP contribution in [-0.2, 0) is 11.2 Å². The van der Waals surface area contributed by atoms with E-state index in [1.807, 2.05) is 31.2 Å². The predicted octanol–water partition coefficient (Wildman–Crippen LogP) is 5.67. The Bertz CT molecular complexity index is 964. The van der Waals surface area contributed by atoms with Crippen molar-refractivity contribution in [2.24, 2.45) is 0 Å². The molecule has 0 spiro atoms. The van der Waals surface area contributed by atoms with Gasteiger partial charge in [-0.15, -0.1) is 21.5 Å². The van der Waals surface area contributed by atoms with Crippen LogP contribution in [0.3, 0.4) is 0 Å². The number of thioether (sulfide) groups is 1. The van der Waals surface area contributed by atoms with Crippen molar-refractivity contribution in [3.8, 4) is 17.1 Å². The Morgan fingerprint density at radius 1 is 1.23 bits per heavy atom. The molecule has 0 saturated carbocycles. The average molecular weight is 445 g/mol. The van der Waals surface area contributed by atoms with E-state index in [1.165, 1.54) is 16.6 Å². The Labute approximate surface area is 186 Å². The van der Waals surface area contributed by atoms with Gasteiger partial charge in [0.25, 0.3) is 0 Å². The molecule has 0 bridgehead atoms. The number of thiophene rings is 1. The summed E-state index contributed by atoms with van der Waals surface area (Å²) < 4.78 is 7.53. The normalized spacial score (nSPS) is 11.1. The van der Waals surface area contributed by atoms with Gasteiger partial charge in [0.05, 0.1) is 12.4 Å². The molecule has 0 fully saturated rings. The van der Waals surface area contributed by atoms with Crippen molar-refractivity contribution in [3.63, 3.8) is 0 Å². The van der Waals surface area contributed by atoms with Crippen LogP contribution in [0.4, 0.5) is 5.69 Å². The minimum Gasteiger partial charge on any atom is -0.494 e. The van der Waals surface area contributed by atoms with Gasteiger partial charge in [-0.2, -0.15) is 0 Å². The first-order valence-corrected chi connectivity index (χ1v) is 12.1. The van der Waals surface area contributed by atoms with Crippen molar-refractivity contribution in [1.29, 1.82) is 0 Å². The smallest absolute Gasteiger partial charge is 0.234 e. The zero-order valence-electron chi connectivity index (χ0n) is 17.8. The lowest BCUT2D eigenvalue weighted by atomic mass is 10.2. The molecule has 2 aromatic heterocycles. The third-order valence-electron chi connectivity index (χ3n) is 4.37. The molecule has 0 aliphatic heterocycles. The van der Waals surface area contributed by atoms with E-state index in [1.54, 1.807) is 11.3 Å². The van der Waals surface area contributed by atoms with Gasteiger partial charge in [0, 0.05) is 27.5 Å². The van der Waals surface area contributed by atoms with E-state index in [0.717, 1.165) is 40.8 Å². The number of nitrogens with one attached hydrogen (secondary N) is 1. The monoisotopic (exact) mass is 444 g/mol. The highest BCUT2D eigenvalue weighted by Crippen LogP contribution is 2.31. The van der Waals surface area contributed by atoms with Crippen molar-refractivity contribution in [1.82, 2.24) is 14.8 Å². The summed E-state index contributed by atoms with van der Waals surface area (Å²) in [6.07, 6.45) is 2.20. The summed E-state index contributed by atoms with van der Waals surface area (Å²) in [6.45, 7) is 8.96. The second-order valence-electron chi connectivity index (χ2n) is 7.12. The maximum absolute atomic E-state index is 12.4. The van der Waals surface area contributed by atoms with Crippen LogP contribution in [-0.4, -0.2) is 33.0 Å². The number of aryl methyl sites for hydroxylation is 1. The van der Waals surface area contributed by atoms with Crippen LogP contribution >= 0.6 is 23.1 Å². The molecule has 0 radical (unpaired) electrons. The highest BCUT2D eigenvalue weighted by molar-refractivity contribution is 7.99. The van der Waals surface area contributed by atoms with E-state index in [0.29, 0.717) is 6.61 Å². The van der Waals surface area contributed by atoms with Crippen LogP contribution in [0.5, 0.6) is 5.75 Å². The second-order valence-corrected chi connectivity index (χ2v) is 9.05. The van der Waals surface area contributed by atoms with E-state index >= 15 is 0 Å². The maximum atomic E-state index is 12.4. The Hall–Kier alpha value is -2.32. The summed E-state index contributed by atoms with van der Waals surface area (Å²) in [5.74, 6) is 1.84. The highest BCUT2D eigenvalue weighted by atomic mass is 32.2. The van der Waals surface area contributed by atoms with Crippen molar-refractivity contribution in [2.75, 3.05) is 17.7 Å². The standard InChI is InChI=1S/C22H28N4O2S2/c1-5-7-19-12-16(13-29-19)21-24-25-22(26(21)15(3)4)30-14-20(27)23-17-8-10-18(11-9-17)28-6-2/h8-13,15H,5-7,14H2,1-4H3,(H,23,27). The lowest BCUT2D eigenvalue weighted by Gasteiger charge is -2.13. The summed E-state index contributed by atoms with van der Waals surface area (Å²) in [6, 6.07) is 9.77. The summed E-state index contributed by atoms with van der Waals surface area (Å²) in [5, 5.41) is 14.6. The van der Waals surface area contributed by atoms with E-state index < -0.39 is 0 Å². The van der Waals surface area contributed by atoms with Gasteiger partial charge in [-0.1, -0.05) is 25.1 Å². The molecule has 1 amide bonds. The molecule has 1 aromatic carbocycles. The van der Waals surface area contributed by atoms with Crippen molar-refractivity contribution >= 4 is 34.7 Å². The number of amides is 1. The van der Waals surface area contributed by atoms with Gasteiger partial charge in [-0.05, 0) is 57.5 Å². The number of nitrogens with zero attached hydrogens (tertiary/aromatic N) is 3. The second kappa shape index (κ2) is 10.6. The largest absolute Gasteiger partial charge is 0.494 e. The van der Waals surface area contributed by atoms with Crippen LogP contribution in [0.2, 0.25) is 0 Å². The maximum Gasteiger partial charge on any atom is 0.234 e.